The van der Waals surface area contributed by atoms with Gasteiger partial charge in [0.1, 0.15) is 6.04 Å². The first-order valence-electron chi connectivity index (χ1n) is 6.47. The van der Waals surface area contributed by atoms with Crippen LogP contribution in [0.2, 0.25) is 0 Å². The molecule has 110 valence electrons. The van der Waals surface area contributed by atoms with Crippen molar-refractivity contribution in [3.63, 3.8) is 0 Å². The molecule has 0 aromatic rings. The van der Waals surface area contributed by atoms with E-state index in [-0.39, 0.29) is 11.9 Å². The van der Waals surface area contributed by atoms with Gasteiger partial charge in [-0.05, 0) is 20.3 Å². The van der Waals surface area contributed by atoms with Gasteiger partial charge in [0.15, 0.2) is 0 Å². The summed E-state index contributed by atoms with van der Waals surface area (Å²) in [5, 5.41) is 7.61. The third kappa shape index (κ3) is 4.74. The Bertz CT molecular complexity index is 350. The minimum Gasteiger partial charge on any atom is -0.352 e. The van der Waals surface area contributed by atoms with Crippen LogP contribution in [0, 0.1) is 0 Å². The zero-order valence-electron chi connectivity index (χ0n) is 11.4. The number of hydrogen-bond donors (Lipinski definition) is 3. The molecule has 0 radical (unpaired) electrons. The summed E-state index contributed by atoms with van der Waals surface area (Å²) in [4.78, 5) is 23.4. The minimum atomic E-state index is -2.86. The number of rotatable bonds is 5. The smallest absolute Gasteiger partial charge is 0.262 e. The third-order valence-electron chi connectivity index (χ3n) is 3.18. The molecule has 3 atom stereocenters. The normalized spacial score (nSPS) is 24.6. The highest BCUT2D eigenvalue weighted by Crippen LogP contribution is 2.25. The van der Waals surface area contributed by atoms with Gasteiger partial charge >= 0.3 is 0 Å². The van der Waals surface area contributed by atoms with Gasteiger partial charge in [-0.15, -0.1) is 0 Å². The predicted octanol–water partition coefficient (Wildman–Crippen LogP) is 0.403. The van der Waals surface area contributed by atoms with Crippen LogP contribution in [0.15, 0.2) is 0 Å². The average molecular weight is 277 g/mol. The summed E-state index contributed by atoms with van der Waals surface area (Å²) < 4.78 is 25.9. The van der Waals surface area contributed by atoms with Gasteiger partial charge in [-0.25, -0.2) is 8.78 Å². The molecule has 5 nitrogen and oxygen atoms in total. The van der Waals surface area contributed by atoms with E-state index in [1.54, 1.807) is 0 Å². The minimum absolute atomic E-state index is 0.0146. The lowest BCUT2D eigenvalue weighted by Crippen LogP contribution is -2.51. The molecule has 3 unspecified atom stereocenters. The van der Waals surface area contributed by atoms with Gasteiger partial charge in [-0.2, -0.15) is 0 Å². The highest BCUT2D eigenvalue weighted by molar-refractivity contribution is 5.89. The van der Waals surface area contributed by atoms with Crippen LogP contribution < -0.4 is 16.0 Å². The second kappa shape index (κ2) is 6.27. The van der Waals surface area contributed by atoms with E-state index < -0.39 is 36.9 Å². The van der Waals surface area contributed by atoms with Crippen LogP contribution in [0.1, 0.15) is 33.6 Å². The highest BCUT2D eigenvalue weighted by atomic mass is 19.3. The molecule has 2 amide bonds. The fraction of sp³-hybridized carbons (Fsp3) is 0.833. The molecule has 0 aromatic carbocycles. The summed E-state index contributed by atoms with van der Waals surface area (Å²) in [5.41, 5.74) is 0. The maximum atomic E-state index is 12.9. The maximum absolute atomic E-state index is 12.9. The monoisotopic (exact) mass is 277 g/mol. The van der Waals surface area contributed by atoms with Gasteiger partial charge < -0.3 is 10.6 Å². The molecule has 0 aromatic heterocycles. The van der Waals surface area contributed by atoms with Crippen molar-refractivity contribution in [3.05, 3.63) is 0 Å². The number of nitrogens with one attached hydrogen (secondary N) is 3. The van der Waals surface area contributed by atoms with E-state index in [1.807, 2.05) is 13.8 Å². The maximum Gasteiger partial charge on any atom is 0.262 e. The van der Waals surface area contributed by atoms with Crippen molar-refractivity contribution in [2.75, 3.05) is 6.54 Å². The Morgan fingerprint density at radius 3 is 2.47 bits per heavy atom. The molecular formula is C12H21F2N3O2. The summed E-state index contributed by atoms with van der Waals surface area (Å²) in [6.45, 7) is 4.81. The molecule has 1 saturated heterocycles. The Kier molecular flexibility index (Phi) is 5.22. The van der Waals surface area contributed by atoms with Crippen molar-refractivity contribution in [2.24, 2.45) is 0 Å². The highest BCUT2D eigenvalue weighted by Gasteiger charge is 2.42. The number of alkyl halides is 2. The first-order chi connectivity index (χ1) is 8.75. The molecule has 3 N–H and O–H groups in total. The summed E-state index contributed by atoms with van der Waals surface area (Å²) >= 11 is 0. The van der Waals surface area contributed by atoms with Crippen molar-refractivity contribution in [1.29, 1.82) is 0 Å². The number of halogens is 2. The van der Waals surface area contributed by atoms with Crippen LogP contribution in [0.3, 0.4) is 0 Å². The van der Waals surface area contributed by atoms with E-state index in [0.717, 1.165) is 6.42 Å². The van der Waals surface area contributed by atoms with Crippen LogP contribution in [0.5, 0.6) is 0 Å². The Balaban J connectivity index is 2.42. The lowest BCUT2D eigenvalue weighted by atomic mass is 10.1. The second-order valence-electron chi connectivity index (χ2n) is 5.04. The fourth-order valence-corrected chi connectivity index (χ4v) is 1.75. The van der Waals surface area contributed by atoms with Crippen molar-refractivity contribution < 1.29 is 18.4 Å². The van der Waals surface area contributed by atoms with Crippen molar-refractivity contribution >= 4 is 11.8 Å². The molecule has 1 aliphatic heterocycles. The molecule has 0 bridgehead atoms. The first-order valence-corrected chi connectivity index (χ1v) is 6.47. The van der Waals surface area contributed by atoms with E-state index in [9.17, 15) is 18.4 Å². The number of hydrogen-bond acceptors (Lipinski definition) is 3. The molecule has 0 aliphatic carbocycles. The number of carbonyl (C=O) groups is 2. The van der Waals surface area contributed by atoms with Gasteiger partial charge in [0, 0.05) is 12.5 Å². The first kappa shape index (κ1) is 15.8. The lowest BCUT2D eigenvalue weighted by Gasteiger charge is -2.19. The molecule has 0 saturated carbocycles. The third-order valence-corrected chi connectivity index (χ3v) is 3.18. The van der Waals surface area contributed by atoms with Gasteiger partial charge in [-0.1, -0.05) is 6.92 Å². The molecule has 1 aliphatic rings. The van der Waals surface area contributed by atoms with E-state index in [1.165, 1.54) is 6.92 Å². The number of carbonyl (C=O) groups excluding carboxylic acids is 2. The van der Waals surface area contributed by atoms with Crippen molar-refractivity contribution in [3.8, 4) is 0 Å². The van der Waals surface area contributed by atoms with Crippen LogP contribution >= 0.6 is 0 Å². The molecule has 7 heteroatoms. The Hall–Kier alpha value is -1.24. The summed E-state index contributed by atoms with van der Waals surface area (Å²) in [7, 11) is 0. The van der Waals surface area contributed by atoms with E-state index in [0.29, 0.717) is 0 Å². The zero-order chi connectivity index (χ0) is 14.6. The van der Waals surface area contributed by atoms with Gasteiger partial charge in [0.2, 0.25) is 11.8 Å². The Labute approximate surface area is 111 Å². The van der Waals surface area contributed by atoms with Crippen LogP contribution in [0.25, 0.3) is 0 Å². The van der Waals surface area contributed by atoms with Crippen LogP contribution in [-0.2, 0) is 9.59 Å². The van der Waals surface area contributed by atoms with Crippen LogP contribution in [0.4, 0.5) is 8.78 Å². The molecule has 19 heavy (non-hydrogen) atoms. The summed E-state index contributed by atoms with van der Waals surface area (Å²) in [5.74, 6) is -3.74. The van der Waals surface area contributed by atoms with E-state index in [2.05, 4.69) is 16.0 Å². The standard InChI is InChI=1S/C12H21F2N3O2/c1-4-7(2)16-10(18)8(3)17-11(19)9-5-12(13,14)6-15-9/h7-9,15H,4-6H2,1-3H3,(H,16,18)(H,17,19). The average Bonchev–Trinajstić information content (AvgIpc) is 2.69. The molecule has 1 heterocycles. The second-order valence-corrected chi connectivity index (χ2v) is 5.04. The van der Waals surface area contributed by atoms with Crippen molar-refractivity contribution in [1.82, 2.24) is 16.0 Å². The summed E-state index contributed by atoms with van der Waals surface area (Å²) in [6, 6.07) is -1.66. The molecule has 1 rings (SSSR count). The molecule has 1 fully saturated rings. The zero-order valence-corrected chi connectivity index (χ0v) is 11.4. The van der Waals surface area contributed by atoms with E-state index in [4.69, 9.17) is 0 Å². The lowest BCUT2D eigenvalue weighted by molar-refractivity contribution is -0.130. The van der Waals surface area contributed by atoms with Crippen molar-refractivity contribution in [2.45, 2.75) is 57.7 Å². The van der Waals surface area contributed by atoms with Gasteiger partial charge in [-0.3, -0.25) is 14.9 Å². The van der Waals surface area contributed by atoms with Gasteiger partial charge in [0.25, 0.3) is 5.92 Å². The summed E-state index contributed by atoms with van der Waals surface area (Å²) in [6.07, 6.45) is 0.251. The molecular weight excluding hydrogens is 256 g/mol. The SMILES string of the molecule is CCC(C)NC(=O)C(C)NC(=O)C1CC(F)(F)CN1. The number of amides is 2. The van der Waals surface area contributed by atoms with Gasteiger partial charge in [0.05, 0.1) is 12.6 Å². The Morgan fingerprint density at radius 2 is 2.00 bits per heavy atom. The Morgan fingerprint density at radius 1 is 1.37 bits per heavy atom. The topological polar surface area (TPSA) is 70.2 Å². The quantitative estimate of drug-likeness (QED) is 0.681. The largest absolute Gasteiger partial charge is 0.352 e. The fourth-order valence-electron chi connectivity index (χ4n) is 1.75. The van der Waals surface area contributed by atoms with Crippen LogP contribution in [-0.4, -0.2) is 42.4 Å². The molecule has 0 spiro atoms. The van der Waals surface area contributed by atoms with E-state index >= 15 is 0 Å². The predicted molar refractivity (Wildman–Crippen MR) is 66.9 cm³/mol.